The molecular weight excluding hydrogens is 277 g/mol. The summed E-state index contributed by atoms with van der Waals surface area (Å²) in [5.41, 5.74) is -0.803. The number of halogens is 1. The van der Waals surface area contributed by atoms with E-state index in [1.807, 2.05) is 0 Å². The van der Waals surface area contributed by atoms with E-state index in [1.165, 1.54) is 6.92 Å². The van der Waals surface area contributed by atoms with Crippen LogP contribution in [0.1, 0.15) is 6.92 Å². The minimum absolute atomic E-state index is 0.0362. The first-order valence-corrected chi connectivity index (χ1v) is 6.59. The number of benzene rings is 1. The summed E-state index contributed by atoms with van der Waals surface area (Å²) in [6, 6.07) is 3.98. The predicted octanol–water partition coefficient (Wildman–Crippen LogP) is 1.27. The maximum Gasteiger partial charge on any atom is 0.304 e. The monoisotopic (exact) mass is 287 g/mol. The fourth-order valence-electron chi connectivity index (χ4n) is 1.39. The number of nitro groups is 1. The lowest BCUT2D eigenvalue weighted by Gasteiger charge is -2.16. The van der Waals surface area contributed by atoms with Gasteiger partial charge in [-0.05, 0) is 6.07 Å². The molecule has 0 saturated carbocycles. The summed E-state index contributed by atoms with van der Waals surface area (Å²) in [5.74, 6) is -1.24. The van der Waals surface area contributed by atoms with Gasteiger partial charge in [0.25, 0.3) is 0 Å². The highest BCUT2D eigenvalue weighted by molar-refractivity contribution is 7.89. The lowest BCUT2D eigenvalue weighted by Crippen LogP contribution is -2.31. The molecule has 0 heterocycles. The number of nitrogens with zero attached hydrogens (tertiary/aromatic N) is 3. The fourth-order valence-corrected chi connectivity index (χ4v) is 2.75. The average molecular weight is 287 g/mol. The van der Waals surface area contributed by atoms with Crippen LogP contribution in [0, 0.1) is 27.3 Å². The van der Waals surface area contributed by atoms with Crippen molar-refractivity contribution in [2.24, 2.45) is 0 Å². The van der Waals surface area contributed by atoms with Crippen LogP contribution in [0.25, 0.3) is 0 Å². The Kier molecular flexibility index (Phi) is 4.52. The van der Waals surface area contributed by atoms with E-state index >= 15 is 0 Å². The standard InChI is InChI=1S/C10H10FN3O4S/c1-2-13(6-5-12)19(17,18)8-3-4-10(14(15)16)9(11)7-8/h3-4,7H,2,6H2,1H3. The third-order valence-corrected chi connectivity index (χ3v) is 4.27. The molecule has 0 aromatic heterocycles. The van der Waals surface area contributed by atoms with Crippen LogP contribution < -0.4 is 0 Å². The Bertz CT molecular complexity index is 639. The summed E-state index contributed by atoms with van der Waals surface area (Å²) in [7, 11) is -4.03. The molecule has 0 N–H and O–H groups in total. The molecular formula is C10H10FN3O4S. The molecule has 0 aliphatic carbocycles. The largest absolute Gasteiger partial charge is 0.304 e. The van der Waals surface area contributed by atoms with Gasteiger partial charge in [-0.3, -0.25) is 10.1 Å². The van der Waals surface area contributed by atoms with Gasteiger partial charge in [0.15, 0.2) is 0 Å². The van der Waals surface area contributed by atoms with E-state index in [2.05, 4.69) is 0 Å². The van der Waals surface area contributed by atoms with E-state index in [4.69, 9.17) is 5.26 Å². The molecule has 7 nitrogen and oxygen atoms in total. The number of hydrogen-bond donors (Lipinski definition) is 0. The maximum absolute atomic E-state index is 13.4. The molecule has 102 valence electrons. The Balaban J connectivity index is 3.27. The average Bonchev–Trinajstić information content (AvgIpc) is 2.34. The van der Waals surface area contributed by atoms with Gasteiger partial charge in [-0.1, -0.05) is 6.92 Å². The molecule has 19 heavy (non-hydrogen) atoms. The van der Waals surface area contributed by atoms with Crippen LogP contribution in [0.3, 0.4) is 0 Å². The molecule has 0 amide bonds. The second kappa shape index (κ2) is 5.73. The maximum atomic E-state index is 13.4. The van der Waals surface area contributed by atoms with Gasteiger partial charge in [-0.2, -0.15) is 14.0 Å². The van der Waals surface area contributed by atoms with Crippen LogP contribution in [0.5, 0.6) is 0 Å². The molecule has 1 aromatic carbocycles. The van der Waals surface area contributed by atoms with Crippen molar-refractivity contribution in [1.82, 2.24) is 4.31 Å². The van der Waals surface area contributed by atoms with Crippen LogP contribution in [-0.2, 0) is 10.0 Å². The van der Waals surface area contributed by atoms with Crippen molar-refractivity contribution in [3.05, 3.63) is 34.1 Å². The fraction of sp³-hybridized carbons (Fsp3) is 0.300. The van der Waals surface area contributed by atoms with E-state index in [9.17, 15) is 22.9 Å². The minimum atomic E-state index is -4.03. The highest BCUT2D eigenvalue weighted by Crippen LogP contribution is 2.22. The molecule has 0 spiro atoms. The second-order valence-electron chi connectivity index (χ2n) is 3.46. The summed E-state index contributed by atoms with van der Waals surface area (Å²) in [6.07, 6.45) is 0. The van der Waals surface area contributed by atoms with E-state index in [0.717, 1.165) is 16.4 Å². The molecule has 0 fully saturated rings. The smallest absolute Gasteiger partial charge is 0.258 e. The summed E-state index contributed by atoms with van der Waals surface area (Å²) in [6.45, 7) is 1.18. The topological polar surface area (TPSA) is 104 Å². The zero-order valence-electron chi connectivity index (χ0n) is 9.91. The lowest BCUT2D eigenvalue weighted by atomic mass is 10.3. The van der Waals surface area contributed by atoms with E-state index < -0.39 is 31.3 Å². The molecule has 1 rings (SSSR count). The third kappa shape index (κ3) is 3.04. The Labute approximate surface area is 109 Å². The Hall–Kier alpha value is -2.05. The predicted molar refractivity (Wildman–Crippen MR) is 63.1 cm³/mol. The zero-order valence-corrected chi connectivity index (χ0v) is 10.7. The molecule has 0 unspecified atom stereocenters. The van der Waals surface area contributed by atoms with Gasteiger partial charge in [-0.15, -0.1) is 0 Å². The van der Waals surface area contributed by atoms with E-state index in [0.29, 0.717) is 6.07 Å². The number of rotatable bonds is 5. The Morgan fingerprint density at radius 3 is 2.58 bits per heavy atom. The Morgan fingerprint density at radius 1 is 1.53 bits per heavy atom. The SMILES string of the molecule is CCN(CC#N)S(=O)(=O)c1ccc([N+](=O)[O-])c(F)c1. The van der Waals surface area contributed by atoms with Gasteiger partial charge < -0.3 is 0 Å². The Morgan fingerprint density at radius 2 is 2.16 bits per heavy atom. The van der Waals surface area contributed by atoms with Gasteiger partial charge in [0.05, 0.1) is 15.9 Å². The van der Waals surface area contributed by atoms with Gasteiger partial charge in [-0.25, -0.2) is 8.42 Å². The molecule has 0 saturated heterocycles. The third-order valence-electron chi connectivity index (χ3n) is 2.35. The molecule has 0 radical (unpaired) electrons. The molecule has 1 aromatic rings. The summed E-state index contributed by atoms with van der Waals surface area (Å²) >= 11 is 0. The minimum Gasteiger partial charge on any atom is -0.258 e. The van der Waals surface area contributed by atoms with Crippen molar-refractivity contribution in [3.63, 3.8) is 0 Å². The first kappa shape index (κ1) is 15.0. The van der Waals surface area contributed by atoms with Crippen LogP contribution in [0.2, 0.25) is 0 Å². The zero-order chi connectivity index (χ0) is 14.6. The summed E-state index contributed by atoms with van der Waals surface area (Å²) in [5, 5.41) is 19.0. The van der Waals surface area contributed by atoms with E-state index in [-0.39, 0.29) is 13.1 Å². The van der Waals surface area contributed by atoms with Gasteiger partial charge in [0.2, 0.25) is 15.8 Å². The van der Waals surface area contributed by atoms with Crippen LogP contribution in [0.15, 0.2) is 23.1 Å². The lowest BCUT2D eigenvalue weighted by molar-refractivity contribution is -0.387. The molecule has 0 aliphatic heterocycles. The van der Waals surface area contributed by atoms with Crippen molar-refractivity contribution in [2.45, 2.75) is 11.8 Å². The number of hydrogen-bond acceptors (Lipinski definition) is 5. The highest BCUT2D eigenvalue weighted by atomic mass is 32.2. The van der Waals surface area contributed by atoms with Crippen molar-refractivity contribution < 1.29 is 17.7 Å². The number of nitriles is 1. The molecule has 0 atom stereocenters. The van der Waals surface area contributed by atoms with E-state index in [1.54, 1.807) is 6.07 Å². The van der Waals surface area contributed by atoms with Crippen molar-refractivity contribution in [1.29, 1.82) is 5.26 Å². The second-order valence-corrected chi connectivity index (χ2v) is 5.40. The number of nitro benzene ring substituents is 1. The van der Waals surface area contributed by atoms with Crippen molar-refractivity contribution in [2.75, 3.05) is 13.1 Å². The van der Waals surface area contributed by atoms with Gasteiger partial charge in [0.1, 0.15) is 6.54 Å². The van der Waals surface area contributed by atoms with Crippen LogP contribution in [-0.4, -0.2) is 30.7 Å². The quantitative estimate of drug-likeness (QED) is 0.460. The van der Waals surface area contributed by atoms with Gasteiger partial charge >= 0.3 is 5.69 Å². The van der Waals surface area contributed by atoms with Gasteiger partial charge in [0, 0.05) is 18.7 Å². The summed E-state index contributed by atoms with van der Waals surface area (Å²) < 4.78 is 38.3. The molecule has 0 aliphatic rings. The van der Waals surface area contributed by atoms with Crippen LogP contribution >= 0.6 is 0 Å². The first-order valence-electron chi connectivity index (χ1n) is 5.15. The van der Waals surface area contributed by atoms with Crippen molar-refractivity contribution in [3.8, 4) is 6.07 Å². The highest BCUT2D eigenvalue weighted by Gasteiger charge is 2.25. The summed E-state index contributed by atoms with van der Waals surface area (Å²) in [4.78, 5) is 9.07. The van der Waals surface area contributed by atoms with Crippen molar-refractivity contribution >= 4 is 15.7 Å². The molecule has 0 bridgehead atoms. The van der Waals surface area contributed by atoms with Crippen LogP contribution in [0.4, 0.5) is 10.1 Å². The number of sulfonamides is 1. The first-order chi connectivity index (χ1) is 8.84. The normalized spacial score (nSPS) is 11.3. The molecule has 9 heteroatoms.